The quantitative estimate of drug-likeness (QED) is 0.369. The summed E-state index contributed by atoms with van der Waals surface area (Å²) in [7, 11) is 4.29. The number of hydrogen-bond donors (Lipinski definition) is 0. The Morgan fingerprint density at radius 3 is 1.89 bits per heavy atom. The summed E-state index contributed by atoms with van der Waals surface area (Å²) in [6, 6.07) is 17.2. The molecule has 0 bridgehead atoms. The van der Waals surface area contributed by atoms with Gasteiger partial charge in [0.15, 0.2) is 5.54 Å². The van der Waals surface area contributed by atoms with Crippen LogP contribution < -0.4 is 9.80 Å². The average Bonchev–Trinajstić information content (AvgIpc) is 3.00. The van der Waals surface area contributed by atoms with Crippen molar-refractivity contribution >= 4 is 23.2 Å². The summed E-state index contributed by atoms with van der Waals surface area (Å²) in [5.41, 5.74) is 1.34. The highest BCUT2D eigenvalue weighted by Crippen LogP contribution is 2.95. The highest BCUT2D eigenvalue weighted by atomic mass is 16.2. The van der Waals surface area contributed by atoms with Crippen LogP contribution in [0.4, 0.5) is 11.4 Å². The number of para-hydroxylation sites is 2. The van der Waals surface area contributed by atoms with E-state index in [1.807, 2.05) is 0 Å². The van der Waals surface area contributed by atoms with Gasteiger partial charge in [-0.15, -0.1) is 0 Å². The van der Waals surface area contributed by atoms with Crippen molar-refractivity contribution in [1.29, 1.82) is 0 Å². The third kappa shape index (κ3) is 1.40. The number of carbonyl (C=O) groups excluding carboxylic acids is 2. The van der Waals surface area contributed by atoms with E-state index >= 15 is 9.59 Å². The molecule has 6 nitrogen and oxygen atoms in total. The van der Waals surface area contributed by atoms with Gasteiger partial charge in [-0.3, -0.25) is 9.69 Å². The molecular formula is C32H39N4O2+. The van der Waals surface area contributed by atoms with Gasteiger partial charge in [0.25, 0.3) is 0 Å². The van der Waals surface area contributed by atoms with Crippen molar-refractivity contribution in [3.8, 4) is 0 Å². The Balaban J connectivity index is 1.62. The molecule has 5 atom stereocenters. The number of amides is 2. The van der Waals surface area contributed by atoms with E-state index in [-0.39, 0.29) is 22.5 Å². The van der Waals surface area contributed by atoms with Crippen LogP contribution in [0.3, 0.4) is 0 Å². The van der Waals surface area contributed by atoms with Crippen molar-refractivity contribution in [2.45, 2.75) is 78.4 Å². The van der Waals surface area contributed by atoms with Crippen LogP contribution in [-0.2, 0) is 20.7 Å². The topological polar surface area (TPSA) is 43.9 Å². The molecule has 3 unspecified atom stereocenters. The lowest BCUT2D eigenvalue weighted by molar-refractivity contribution is -0.800. The zero-order chi connectivity index (χ0) is 27.4. The number of fused-ring (bicyclic) bond motifs is 2. The first-order valence-electron chi connectivity index (χ1n) is 14.0. The largest absolute Gasteiger partial charge is 0.331 e. The van der Waals surface area contributed by atoms with Crippen molar-refractivity contribution in [1.82, 2.24) is 4.90 Å². The predicted octanol–water partition coefficient (Wildman–Crippen LogP) is 4.99. The van der Waals surface area contributed by atoms with Gasteiger partial charge < -0.3 is 4.90 Å². The van der Waals surface area contributed by atoms with Gasteiger partial charge in [-0.1, -0.05) is 77.9 Å². The van der Waals surface area contributed by atoms with Crippen molar-refractivity contribution in [3.05, 3.63) is 59.7 Å². The lowest BCUT2D eigenvalue weighted by Gasteiger charge is -2.48. The Kier molecular flexibility index (Phi) is 3.29. The number of carbonyl (C=O) groups is 2. The maximum atomic E-state index is 15.4. The predicted molar refractivity (Wildman–Crippen MR) is 147 cm³/mol. The highest BCUT2D eigenvalue weighted by molar-refractivity contribution is 5.98. The molecule has 6 aliphatic rings. The first-order valence-corrected chi connectivity index (χ1v) is 14.0. The first kappa shape index (κ1) is 23.1. The lowest BCUT2D eigenvalue weighted by Crippen LogP contribution is -2.64. The van der Waals surface area contributed by atoms with Crippen LogP contribution in [0.5, 0.6) is 0 Å². The third-order valence-corrected chi connectivity index (χ3v) is 13.6. The van der Waals surface area contributed by atoms with Crippen LogP contribution in [0.2, 0.25) is 0 Å². The molecule has 0 aliphatic carbocycles. The number of piperidine rings is 1. The summed E-state index contributed by atoms with van der Waals surface area (Å²) in [4.78, 5) is 37.5. The number of piperazine rings is 1. The fourth-order valence-corrected chi connectivity index (χ4v) is 11.1. The molecule has 6 heteroatoms. The number of anilines is 2. The minimum atomic E-state index is -0.818. The molecule has 4 spiro atoms. The van der Waals surface area contributed by atoms with E-state index in [4.69, 9.17) is 0 Å². The number of nitrogens with zero attached hydrogens (tertiary/aromatic N) is 4. The van der Waals surface area contributed by atoms with Gasteiger partial charge in [0.05, 0.1) is 21.9 Å². The molecule has 0 radical (unpaired) electrons. The summed E-state index contributed by atoms with van der Waals surface area (Å²) < 4.78 is 0.268. The van der Waals surface area contributed by atoms with Crippen molar-refractivity contribution in [3.63, 3.8) is 0 Å². The van der Waals surface area contributed by atoms with Crippen LogP contribution in [0.1, 0.15) is 66.5 Å². The van der Waals surface area contributed by atoms with Gasteiger partial charge in [-0.25, -0.2) is 9.69 Å². The molecule has 6 heterocycles. The number of likely N-dealkylation sites (N-methyl/N-ethyl adjacent to an activating group) is 2. The van der Waals surface area contributed by atoms with Crippen LogP contribution in [0.25, 0.3) is 0 Å². The third-order valence-electron chi connectivity index (χ3n) is 13.6. The maximum absolute atomic E-state index is 15.4. The maximum Gasteiger partial charge on any atom is 0.331 e. The lowest BCUT2D eigenvalue weighted by atomic mass is 9.57. The monoisotopic (exact) mass is 511 g/mol. The molecule has 2 aromatic carbocycles. The van der Waals surface area contributed by atoms with Crippen molar-refractivity contribution in [2.75, 3.05) is 23.9 Å². The number of hydrogen-bond acceptors (Lipinski definition) is 4. The van der Waals surface area contributed by atoms with E-state index in [9.17, 15) is 0 Å². The molecule has 0 N–H and O–H groups in total. The average molecular weight is 512 g/mol. The summed E-state index contributed by atoms with van der Waals surface area (Å²) in [6.07, 6.45) is -0.231. The van der Waals surface area contributed by atoms with Gasteiger partial charge in [0.2, 0.25) is 17.6 Å². The SMILES string of the molecule is CN1c2ccccc2[C@]23C1[N+]14C(=O)C(C)(C)C(C)(C)[C@]15c1ccccc1N(C)C54N2C(=O)C(C)(C)C3(C)C. The van der Waals surface area contributed by atoms with Gasteiger partial charge in [-0.2, -0.15) is 4.48 Å². The standard InChI is InChI=1S/C32H39N4O2/c1-26(2)24(37)35-30(28(26,5)6)19-15-11-13-17-21(19)33(9)23(30)36-25(38)27(3,4)29(7,8)31(36)20-16-12-14-18-22(20)34(10)32(31,35)36/h11-18,23H,1-10H3/q+1/t23?,30-,31+,32?,36?/m1/s1. The Bertz CT molecular complexity index is 1500. The zero-order valence-electron chi connectivity index (χ0n) is 24.3. The number of rotatable bonds is 0. The second kappa shape index (κ2) is 5.42. The van der Waals surface area contributed by atoms with Crippen LogP contribution in [0.15, 0.2) is 48.5 Å². The summed E-state index contributed by atoms with van der Waals surface area (Å²) in [5.74, 6) is -0.410. The Labute approximate surface area is 225 Å². The van der Waals surface area contributed by atoms with E-state index in [1.54, 1.807) is 0 Å². The van der Waals surface area contributed by atoms with E-state index in [0.717, 1.165) is 11.4 Å². The van der Waals surface area contributed by atoms with E-state index in [2.05, 4.69) is 133 Å². The molecular weight excluding hydrogens is 472 g/mol. The van der Waals surface area contributed by atoms with Crippen molar-refractivity contribution < 1.29 is 14.1 Å². The molecule has 198 valence electrons. The second-order valence-electron chi connectivity index (χ2n) is 14.9. The number of quaternary nitrogens is 1. The van der Waals surface area contributed by atoms with Crippen molar-refractivity contribution in [2.24, 2.45) is 21.7 Å². The molecule has 2 aromatic rings. The van der Waals surface area contributed by atoms with E-state index in [1.165, 1.54) is 11.1 Å². The molecule has 4 saturated heterocycles. The molecule has 0 aromatic heterocycles. The van der Waals surface area contributed by atoms with E-state index in [0.29, 0.717) is 0 Å². The summed E-state index contributed by atoms with van der Waals surface area (Å²) >= 11 is 0. The normalized spacial score (nSPS) is 42.4. The molecule has 38 heavy (non-hydrogen) atoms. The summed E-state index contributed by atoms with van der Waals surface area (Å²) in [6.45, 7) is 17.7. The van der Waals surface area contributed by atoms with E-state index < -0.39 is 38.5 Å². The van der Waals surface area contributed by atoms with Gasteiger partial charge in [0.1, 0.15) is 0 Å². The minimum Gasteiger partial charge on any atom is -0.323 e. The minimum absolute atomic E-state index is 0.155. The summed E-state index contributed by atoms with van der Waals surface area (Å²) in [5, 5.41) is 0. The van der Waals surface area contributed by atoms with Crippen LogP contribution in [0, 0.1) is 21.7 Å². The first-order chi connectivity index (χ1) is 17.6. The second-order valence-corrected chi connectivity index (χ2v) is 14.9. The van der Waals surface area contributed by atoms with Gasteiger partial charge in [-0.05, 0) is 26.0 Å². The highest BCUT2D eigenvalue weighted by Gasteiger charge is 3.18. The van der Waals surface area contributed by atoms with Crippen LogP contribution in [-0.4, -0.2) is 47.2 Å². The molecule has 0 saturated carbocycles. The fraction of sp³-hybridized carbons (Fsp3) is 0.562. The Morgan fingerprint density at radius 2 is 1.26 bits per heavy atom. The number of benzene rings is 2. The Morgan fingerprint density at radius 1 is 0.711 bits per heavy atom. The molecule has 2 amide bonds. The smallest absolute Gasteiger partial charge is 0.323 e. The molecule has 8 rings (SSSR count). The van der Waals surface area contributed by atoms with Crippen LogP contribution >= 0.6 is 0 Å². The zero-order valence-corrected chi connectivity index (χ0v) is 24.3. The van der Waals surface area contributed by atoms with Gasteiger partial charge >= 0.3 is 11.7 Å². The fourth-order valence-electron chi connectivity index (χ4n) is 11.1. The molecule has 4 fully saturated rings. The Hall–Kier alpha value is -2.86. The van der Waals surface area contributed by atoms with Gasteiger partial charge in [0, 0.05) is 36.3 Å². The molecule has 6 aliphatic heterocycles.